The van der Waals surface area contributed by atoms with Crippen LogP contribution in [0.3, 0.4) is 0 Å². The molecule has 0 radical (unpaired) electrons. The number of carbonyl (C=O) groups is 1. The third kappa shape index (κ3) is 4.03. The van der Waals surface area contributed by atoms with Crippen molar-refractivity contribution in [1.29, 1.82) is 0 Å². The van der Waals surface area contributed by atoms with Crippen molar-refractivity contribution in [2.75, 3.05) is 38.2 Å². The fraction of sp³-hybridized carbons (Fsp3) is 0.562. The Morgan fingerprint density at radius 1 is 1.33 bits per heavy atom. The number of carbonyl (C=O) groups excluding carboxylic acids is 1. The molecule has 1 heterocycles. The lowest BCUT2D eigenvalue weighted by atomic mass is 10.2. The number of methoxy groups -OCH3 is 1. The van der Waals surface area contributed by atoms with Gasteiger partial charge in [-0.25, -0.2) is 4.79 Å². The predicted octanol–water partition coefficient (Wildman–Crippen LogP) is 2.33. The van der Waals surface area contributed by atoms with Gasteiger partial charge in [-0.05, 0) is 25.5 Å². The molecule has 1 aromatic rings. The summed E-state index contributed by atoms with van der Waals surface area (Å²) < 4.78 is 5.26. The van der Waals surface area contributed by atoms with Crippen LogP contribution in [0.1, 0.15) is 20.3 Å². The largest absolute Gasteiger partial charge is 0.497 e. The van der Waals surface area contributed by atoms with Gasteiger partial charge in [0.2, 0.25) is 0 Å². The number of benzene rings is 1. The number of anilines is 1. The highest BCUT2D eigenvalue weighted by atomic mass is 16.5. The molecule has 1 fully saturated rings. The molecule has 116 valence electrons. The number of hydrogen-bond donors (Lipinski definition) is 1. The van der Waals surface area contributed by atoms with E-state index in [-0.39, 0.29) is 12.1 Å². The van der Waals surface area contributed by atoms with Crippen LogP contribution >= 0.6 is 0 Å². The minimum atomic E-state index is 0.0506. The summed E-state index contributed by atoms with van der Waals surface area (Å²) in [5.41, 5.74) is 1.15. The van der Waals surface area contributed by atoms with Crippen LogP contribution in [-0.2, 0) is 0 Å². The molecule has 5 nitrogen and oxygen atoms in total. The lowest BCUT2D eigenvalue weighted by Crippen LogP contribution is -2.53. The molecule has 0 saturated carbocycles. The Hall–Kier alpha value is -1.91. The maximum Gasteiger partial charge on any atom is 0.317 e. The second-order valence-corrected chi connectivity index (χ2v) is 5.43. The van der Waals surface area contributed by atoms with E-state index in [0.717, 1.165) is 44.0 Å². The average Bonchev–Trinajstić information content (AvgIpc) is 2.54. The average molecular weight is 291 g/mol. The molecule has 1 aromatic carbocycles. The van der Waals surface area contributed by atoms with E-state index in [9.17, 15) is 4.79 Å². The summed E-state index contributed by atoms with van der Waals surface area (Å²) >= 11 is 0. The topological polar surface area (TPSA) is 44.8 Å². The Kier molecular flexibility index (Phi) is 5.31. The van der Waals surface area contributed by atoms with Crippen molar-refractivity contribution in [3.63, 3.8) is 0 Å². The van der Waals surface area contributed by atoms with Crippen molar-refractivity contribution in [3.05, 3.63) is 24.3 Å². The summed E-state index contributed by atoms with van der Waals surface area (Å²) in [5, 5.41) is 3.02. The van der Waals surface area contributed by atoms with Crippen LogP contribution in [0.4, 0.5) is 10.5 Å². The molecule has 1 unspecified atom stereocenters. The molecule has 1 N–H and O–H groups in total. The summed E-state index contributed by atoms with van der Waals surface area (Å²) in [6, 6.07) is 8.34. The summed E-state index contributed by atoms with van der Waals surface area (Å²) in [4.78, 5) is 16.3. The van der Waals surface area contributed by atoms with Crippen molar-refractivity contribution in [2.45, 2.75) is 26.3 Å². The standard InChI is InChI=1S/C16H25N3O2/c1-4-13(2)17-16(20)19-10-8-18(9-11-19)14-6-5-7-15(12-14)21-3/h5-7,12-13H,4,8-11H2,1-3H3,(H,17,20). The minimum Gasteiger partial charge on any atom is -0.497 e. The van der Waals surface area contributed by atoms with Crippen molar-refractivity contribution in [2.24, 2.45) is 0 Å². The monoisotopic (exact) mass is 291 g/mol. The van der Waals surface area contributed by atoms with Gasteiger partial charge < -0.3 is 19.9 Å². The Morgan fingerprint density at radius 3 is 2.67 bits per heavy atom. The van der Waals surface area contributed by atoms with Gasteiger partial charge in [-0.3, -0.25) is 0 Å². The van der Waals surface area contributed by atoms with E-state index >= 15 is 0 Å². The SMILES string of the molecule is CCC(C)NC(=O)N1CCN(c2cccc(OC)c2)CC1. The molecule has 0 aromatic heterocycles. The number of rotatable bonds is 4. The van der Waals surface area contributed by atoms with Gasteiger partial charge in [-0.15, -0.1) is 0 Å². The zero-order chi connectivity index (χ0) is 15.2. The zero-order valence-electron chi connectivity index (χ0n) is 13.1. The van der Waals surface area contributed by atoms with Crippen LogP contribution in [0.15, 0.2) is 24.3 Å². The van der Waals surface area contributed by atoms with E-state index in [4.69, 9.17) is 4.74 Å². The summed E-state index contributed by atoms with van der Waals surface area (Å²) in [6.07, 6.45) is 0.954. The minimum absolute atomic E-state index is 0.0506. The Labute approximate surface area is 126 Å². The van der Waals surface area contributed by atoms with Crippen LogP contribution in [0.2, 0.25) is 0 Å². The molecular weight excluding hydrogens is 266 g/mol. The van der Waals surface area contributed by atoms with Gasteiger partial charge in [0.15, 0.2) is 0 Å². The second-order valence-electron chi connectivity index (χ2n) is 5.43. The fourth-order valence-electron chi connectivity index (χ4n) is 2.38. The third-order valence-electron chi connectivity index (χ3n) is 3.97. The number of piperazine rings is 1. The van der Waals surface area contributed by atoms with Gasteiger partial charge in [-0.1, -0.05) is 13.0 Å². The molecule has 0 spiro atoms. The Bertz CT molecular complexity index is 470. The molecule has 2 amide bonds. The predicted molar refractivity (Wildman–Crippen MR) is 85.1 cm³/mol. The van der Waals surface area contributed by atoms with Crippen LogP contribution in [-0.4, -0.2) is 50.3 Å². The highest BCUT2D eigenvalue weighted by Gasteiger charge is 2.22. The van der Waals surface area contributed by atoms with E-state index in [2.05, 4.69) is 23.2 Å². The molecule has 1 atom stereocenters. The highest BCUT2D eigenvalue weighted by molar-refractivity contribution is 5.74. The van der Waals surface area contributed by atoms with Gasteiger partial charge >= 0.3 is 6.03 Å². The molecule has 1 saturated heterocycles. The van der Waals surface area contributed by atoms with E-state index in [1.54, 1.807) is 7.11 Å². The number of hydrogen-bond acceptors (Lipinski definition) is 3. The first-order valence-electron chi connectivity index (χ1n) is 7.58. The normalized spacial score (nSPS) is 16.5. The zero-order valence-corrected chi connectivity index (χ0v) is 13.1. The van der Waals surface area contributed by atoms with Gasteiger partial charge in [0.1, 0.15) is 5.75 Å². The quantitative estimate of drug-likeness (QED) is 0.926. The molecule has 0 bridgehead atoms. The molecule has 21 heavy (non-hydrogen) atoms. The van der Waals surface area contributed by atoms with Crippen molar-refractivity contribution >= 4 is 11.7 Å². The first-order chi connectivity index (χ1) is 10.1. The lowest BCUT2D eigenvalue weighted by molar-refractivity contribution is 0.190. The van der Waals surface area contributed by atoms with E-state index in [1.807, 2.05) is 30.0 Å². The second kappa shape index (κ2) is 7.20. The molecule has 1 aliphatic rings. The molecule has 5 heteroatoms. The van der Waals surface area contributed by atoms with Gasteiger partial charge in [-0.2, -0.15) is 0 Å². The number of nitrogens with zero attached hydrogens (tertiary/aromatic N) is 2. The fourth-order valence-corrected chi connectivity index (χ4v) is 2.38. The summed E-state index contributed by atoms with van der Waals surface area (Å²) in [5.74, 6) is 0.865. The van der Waals surface area contributed by atoms with Crippen molar-refractivity contribution in [1.82, 2.24) is 10.2 Å². The van der Waals surface area contributed by atoms with Gasteiger partial charge in [0.25, 0.3) is 0 Å². The van der Waals surface area contributed by atoms with Crippen molar-refractivity contribution < 1.29 is 9.53 Å². The van der Waals surface area contributed by atoms with Crippen LogP contribution in [0.5, 0.6) is 5.75 Å². The lowest BCUT2D eigenvalue weighted by Gasteiger charge is -2.36. The maximum atomic E-state index is 12.1. The number of urea groups is 1. The maximum absolute atomic E-state index is 12.1. The van der Waals surface area contributed by atoms with Gasteiger partial charge in [0.05, 0.1) is 7.11 Å². The number of nitrogens with one attached hydrogen (secondary N) is 1. The highest BCUT2D eigenvalue weighted by Crippen LogP contribution is 2.22. The summed E-state index contributed by atoms with van der Waals surface area (Å²) in [7, 11) is 1.68. The van der Waals surface area contributed by atoms with Crippen LogP contribution in [0, 0.1) is 0 Å². The Balaban J connectivity index is 1.89. The first kappa shape index (κ1) is 15.5. The smallest absolute Gasteiger partial charge is 0.317 e. The molecule has 0 aliphatic carbocycles. The first-order valence-corrected chi connectivity index (χ1v) is 7.58. The molecule has 1 aliphatic heterocycles. The van der Waals surface area contributed by atoms with Crippen LogP contribution < -0.4 is 15.0 Å². The number of amides is 2. The van der Waals surface area contributed by atoms with E-state index < -0.39 is 0 Å². The van der Waals surface area contributed by atoms with Crippen LogP contribution in [0.25, 0.3) is 0 Å². The van der Waals surface area contributed by atoms with E-state index in [0.29, 0.717) is 0 Å². The Morgan fingerprint density at radius 2 is 2.05 bits per heavy atom. The van der Waals surface area contributed by atoms with Gasteiger partial charge in [0, 0.05) is 44.0 Å². The molecule has 2 rings (SSSR count). The summed E-state index contributed by atoms with van der Waals surface area (Å²) in [6.45, 7) is 7.30. The van der Waals surface area contributed by atoms with E-state index in [1.165, 1.54) is 0 Å². The third-order valence-corrected chi connectivity index (χ3v) is 3.97. The number of ether oxygens (including phenoxy) is 1. The van der Waals surface area contributed by atoms with Crippen molar-refractivity contribution in [3.8, 4) is 5.75 Å². The molecular formula is C16H25N3O2.